The third-order valence-corrected chi connectivity index (χ3v) is 3.98. The first-order valence-electron chi connectivity index (χ1n) is 6.04. The van der Waals surface area contributed by atoms with Crippen LogP contribution in [-0.4, -0.2) is 22.2 Å². The molecule has 0 aliphatic heterocycles. The van der Waals surface area contributed by atoms with E-state index in [9.17, 15) is 9.59 Å². The van der Waals surface area contributed by atoms with Gasteiger partial charge in [-0.05, 0) is 12.8 Å². The molecule has 2 rings (SSSR count). The molecule has 1 aromatic rings. The van der Waals surface area contributed by atoms with Crippen molar-refractivity contribution in [2.75, 3.05) is 5.32 Å². The summed E-state index contributed by atoms with van der Waals surface area (Å²) in [6.45, 7) is 1.45. The van der Waals surface area contributed by atoms with Gasteiger partial charge >= 0.3 is 0 Å². The van der Waals surface area contributed by atoms with Crippen LogP contribution in [-0.2, 0) is 4.79 Å². The fourth-order valence-electron chi connectivity index (χ4n) is 2.23. The van der Waals surface area contributed by atoms with Gasteiger partial charge in [-0.1, -0.05) is 12.8 Å². The van der Waals surface area contributed by atoms with E-state index in [1.807, 2.05) is 0 Å². The molecule has 1 amide bonds. The zero-order valence-electron chi connectivity index (χ0n) is 10.4. The topological polar surface area (TPSA) is 85.1 Å². The number of Topliss-reactive ketones (excluding diaryl/α,β-unsaturated/α-hetero) is 1. The van der Waals surface area contributed by atoms with Crippen molar-refractivity contribution >= 4 is 28.2 Å². The van der Waals surface area contributed by atoms with E-state index in [-0.39, 0.29) is 17.2 Å². The Morgan fingerprint density at radius 1 is 1.50 bits per heavy atom. The highest BCUT2D eigenvalue weighted by Crippen LogP contribution is 2.30. The predicted molar refractivity (Wildman–Crippen MR) is 70.8 cm³/mol. The molecule has 0 spiro atoms. The number of nitrogens with one attached hydrogen (secondary N) is 1. The standard InChI is InChI=1S/C12H17N3O2S/c1-8(16)9-7-18-11(14-9)15-10(17)6-12(13)4-2-3-5-12/h7H,2-6,13H2,1H3,(H,14,15,17). The maximum absolute atomic E-state index is 11.8. The van der Waals surface area contributed by atoms with Crippen LogP contribution in [0.1, 0.15) is 49.5 Å². The van der Waals surface area contributed by atoms with Gasteiger partial charge in [0.15, 0.2) is 10.9 Å². The molecule has 0 saturated heterocycles. The van der Waals surface area contributed by atoms with Crippen LogP contribution >= 0.6 is 11.3 Å². The summed E-state index contributed by atoms with van der Waals surface area (Å²) >= 11 is 1.26. The summed E-state index contributed by atoms with van der Waals surface area (Å²) in [6, 6.07) is 0. The first-order chi connectivity index (χ1) is 8.48. The molecule has 6 heteroatoms. The van der Waals surface area contributed by atoms with Crippen LogP contribution in [0.25, 0.3) is 0 Å². The molecule has 3 N–H and O–H groups in total. The normalized spacial score (nSPS) is 17.7. The molecule has 1 heterocycles. The molecule has 1 aliphatic rings. The van der Waals surface area contributed by atoms with E-state index in [1.165, 1.54) is 18.3 Å². The van der Waals surface area contributed by atoms with Crippen molar-refractivity contribution in [3.8, 4) is 0 Å². The molecular formula is C12H17N3O2S. The van der Waals surface area contributed by atoms with E-state index >= 15 is 0 Å². The number of nitrogens with two attached hydrogens (primary N) is 1. The van der Waals surface area contributed by atoms with Crippen LogP contribution in [0.15, 0.2) is 5.38 Å². The number of carbonyl (C=O) groups is 2. The van der Waals surface area contributed by atoms with Crippen molar-refractivity contribution in [2.24, 2.45) is 5.73 Å². The van der Waals surface area contributed by atoms with Gasteiger partial charge in [-0.3, -0.25) is 9.59 Å². The van der Waals surface area contributed by atoms with E-state index < -0.39 is 0 Å². The van der Waals surface area contributed by atoms with Crippen molar-refractivity contribution in [3.05, 3.63) is 11.1 Å². The Bertz CT molecular complexity index is 464. The molecule has 0 aromatic carbocycles. The summed E-state index contributed by atoms with van der Waals surface area (Å²) in [5.74, 6) is -0.221. The van der Waals surface area contributed by atoms with Gasteiger partial charge in [0.2, 0.25) is 5.91 Å². The van der Waals surface area contributed by atoms with Gasteiger partial charge in [0.1, 0.15) is 5.69 Å². The Morgan fingerprint density at radius 2 is 2.17 bits per heavy atom. The maximum atomic E-state index is 11.8. The van der Waals surface area contributed by atoms with Crippen LogP contribution in [0, 0.1) is 0 Å². The van der Waals surface area contributed by atoms with Crippen molar-refractivity contribution in [2.45, 2.75) is 44.6 Å². The summed E-state index contributed by atoms with van der Waals surface area (Å²) in [7, 11) is 0. The van der Waals surface area contributed by atoms with Crippen molar-refractivity contribution in [1.29, 1.82) is 0 Å². The Labute approximate surface area is 110 Å². The molecule has 1 saturated carbocycles. The van der Waals surface area contributed by atoms with Gasteiger partial charge in [0.05, 0.1) is 0 Å². The average molecular weight is 267 g/mol. The highest BCUT2D eigenvalue weighted by molar-refractivity contribution is 7.14. The molecule has 5 nitrogen and oxygen atoms in total. The SMILES string of the molecule is CC(=O)c1csc(NC(=O)CC2(N)CCCC2)n1. The molecule has 0 atom stereocenters. The van der Waals surface area contributed by atoms with Crippen LogP contribution in [0.4, 0.5) is 5.13 Å². The van der Waals surface area contributed by atoms with Gasteiger partial charge < -0.3 is 11.1 Å². The minimum atomic E-state index is -0.356. The van der Waals surface area contributed by atoms with Gasteiger partial charge in [-0.15, -0.1) is 11.3 Å². The summed E-state index contributed by atoms with van der Waals surface area (Å²) in [5.41, 5.74) is 6.17. The van der Waals surface area contributed by atoms with E-state index in [2.05, 4.69) is 10.3 Å². The van der Waals surface area contributed by atoms with Gasteiger partial charge in [0, 0.05) is 24.3 Å². The van der Waals surface area contributed by atoms with Crippen molar-refractivity contribution in [3.63, 3.8) is 0 Å². The number of aromatic nitrogens is 1. The minimum absolute atomic E-state index is 0.0992. The summed E-state index contributed by atoms with van der Waals surface area (Å²) < 4.78 is 0. The molecule has 0 bridgehead atoms. The fraction of sp³-hybridized carbons (Fsp3) is 0.583. The first-order valence-corrected chi connectivity index (χ1v) is 6.92. The van der Waals surface area contributed by atoms with Gasteiger partial charge in [-0.2, -0.15) is 0 Å². The van der Waals surface area contributed by atoms with Gasteiger partial charge in [-0.25, -0.2) is 4.98 Å². The molecule has 98 valence electrons. The van der Waals surface area contributed by atoms with E-state index in [0.717, 1.165) is 25.7 Å². The minimum Gasteiger partial charge on any atom is -0.325 e. The Morgan fingerprint density at radius 3 is 2.72 bits per heavy atom. The van der Waals surface area contributed by atoms with Crippen LogP contribution in [0.5, 0.6) is 0 Å². The molecule has 0 unspecified atom stereocenters. The first kappa shape index (κ1) is 13.2. The Kier molecular flexibility index (Phi) is 3.77. The molecular weight excluding hydrogens is 250 g/mol. The lowest BCUT2D eigenvalue weighted by molar-refractivity contribution is -0.117. The number of hydrogen-bond acceptors (Lipinski definition) is 5. The van der Waals surface area contributed by atoms with Crippen LogP contribution in [0.3, 0.4) is 0 Å². The zero-order valence-corrected chi connectivity index (χ0v) is 11.2. The number of amides is 1. The number of nitrogens with zero attached hydrogens (tertiary/aromatic N) is 1. The average Bonchev–Trinajstić information content (AvgIpc) is 2.87. The van der Waals surface area contributed by atoms with Crippen LogP contribution in [0.2, 0.25) is 0 Å². The lowest BCUT2D eigenvalue weighted by Crippen LogP contribution is -2.40. The maximum Gasteiger partial charge on any atom is 0.228 e. The van der Waals surface area contributed by atoms with E-state index in [1.54, 1.807) is 5.38 Å². The quantitative estimate of drug-likeness (QED) is 0.816. The monoisotopic (exact) mass is 267 g/mol. The zero-order chi connectivity index (χ0) is 13.2. The Balaban J connectivity index is 1.92. The van der Waals surface area contributed by atoms with Gasteiger partial charge in [0.25, 0.3) is 0 Å². The number of rotatable bonds is 4. The predicted octanol–water partition coefficient (Wildman–Crippen LogP) is 1.95. The fourth-order valence-corrected chi connectivity index (χ4v) is 3.00. The Hall–Kier alpha value is -1.27. The smallest absolute Gasteiger partial charge is 0.228 e. The third-order valence-electron chi connectivity index (χ3n) is 3.22. The molecule has 18 heavy (non-hydrogen) atoms. The number of hydrogen-bond donors (Lipinski definition) is 2. The van der Waals surface area contributed by atoms with Crippen molar-refractivity contribution < 1.29 is 9.59 Å². The van der Waals surface area contributed by atoms with Crippen molar-refractivity contribution in [1.82, 2.24) is 4.98 Å². The summed E-state index contributed by atoms with van der Waals surface area (Å²) in [4.78, 5) is 27.0. The molecule has 1 aromatic heterocycles. The van der Waals surface area contributed by atoms with E-state index in [4.69, 9.17) is 5.73 Å². The largest absolute Gasteiger partial charge is 0.325 e. The van der Waals surface area contributed by atoms with Crippen LogP contribution < -0.4 is 11.1 Å². The number of carbonyl (C=O) groups excluding carboxylic acids is 2. The second-order valence-corrected chi connectivity index (χ2v) is 5.75. The molecule has 1 fully saturated rings. The lowest BCUT2D eigenvalue weighted by Gasteiger charge is -2.22. The highest BCUT2D eigenvalue weighted by atomic mass is 32.1. The third kappa shape index (κ3) is 3.14. The summed E-state index contributed by atoms with van der Waals surface area (Å²) in [6.07, 6.45) is 4.31. The second kappa shape index (κ2) is 5.16. The second-order valence-electron chi connectivity index (χ2n) is 4.89. The number of anilines is 1. The lowest BCUT2D eigenvalue weighted by atomic mass is 9.94. The molecule has 1 aliphatic carbocycles. The molecule has 0 radical (unpaired) electrons. The number of ketones is 1. The summed E-state index contributed by atoms with van der Waals surface area (Å²) in [5, 5.41) is 4.81. The number of thiazole rings is 1. The van der Waals surface area contributed by atoms with E-state index in [0.29, 0.717) is 17.2 Å². The highest BCUT2D eigenvalue weighted by Gasteiger charge is 2.31.